The first-order valence-corrected chi connectivity index (χ1v) is 7.04. The molecule has 4 heteroatoms. The van der Waals surface area contributed by atoms with Crippen molar-refractivity contribution in [2.75, 3.05) is 13.1 Å². The highest BCUT2D eigenvalue weighted by Crippen LogP contribution is 2.32. The van der Waals surface area contributed by atoms with Crippen molar-refractivity contribution in [2.24, 2.45) is 0 Å². The Kier molecular flexibility index (Phi) is 3.51. The van der Waals surface area contributed by atoms with Crippen LogP contribution in [0.25, 0.3) is 0 Å². The van der Waals surface area contributed by atoms with Crippen molar-refractivity contribution in [3.8, 4) is 5.75 Å². The first-order valence-electron chi connectivity index (χ1n) is 6.28. The molecule has 1 heterocycles. The van der Waals surface area contributed by atoms with Crippen LogP contribution in [0.1, 0.15) is 19.3 Å². The molecule has 0 atom stereocenters. The topological polar surface area (TPSA) is 12.5 Å². The fourth-order valence-corrected chi connectivity index (χ4v) is 2.68. The molecule has 3 rings (SSSR count). The molecule has 0 radical (unpaired) electrons. The summed E-state index contributed by atoms with van der Waals surface area (Å²) in [6.07, 6.45) is 5.82. The van der Waals surface area contributed by atoms with E-state index in [1.54, 1.807) is 12.1 Å². The van der Waals surface area contributed by atoms with Crippen molar-refractivity contribution < 1.29 is 4.74 Å². The molecule has 0 unspecified atom stereocenters. The maximum Gasteiger partial charge on any atom is 0.145 e. The minimum atomic E-state index is 0.563. The zero-order chi connectivity index (χ0) is 12.5. The molecular weight excluding hydrogens is 269 g/mol. The van der Waals surface area contributed by atoms with E-state index in [0.29, 0.717) is 15.8 Å². The number of halogens is 2. The van der Waals surface area contributed by atoms with Crippen LogP contribution < -0.4 is 4.74 Å². The van der Waals surface area contributed by atoms with Gasteiger partial charge >= 0.3 is 0 Å². The Morgan fingerprint density at radius 3 is 2.67 bits per heavy atom. The summed E-state index contributed by atoms with van der Waals surface area (Å²) in [5.74, 6) is 1.70. The fraction of sp³-hybridized carbons (Fsp3) is 0.429. The van der Waals surface area contributed by atoms with Crippen LogP contribution in [0, 0.1) is 0 Å². The zero-order valence-corrected chi connectivity index (χ0v) is 11.5. The Bertz CT molecular complexity index is 483. The molecule has 0 bridgehead atoms. The quantitative estimate of drug-likeness (QED) is 0.827. The third-order valence-electron chi connectivity index (χ3n) is 3.40. The summed E-state index contributed by atoms with van der Waals surface area (Å²) < 4.78 is 5.83. The summed E-state index contributed by atoms with van der Waals surface area (Å²) in [4.78, 5) is 2.51. The van der Waals surface area contributed by atoms with Crippen LogP contribution in [-0.2, 0) is 0 Å². The number of rotatable bonds is 3. The van der Waals surface area contributed by atoms with Gasteiger partial charge in [0.15, 0.2) is 0 Å². The van der Waals surface area contributed by atoms with Gasteiger partial charge in [-0.1, -0.05) is 23.2 Å². The molecule has 1 aliphatic heterocycles. The van der Waals surface area contributed by atoms with Crippen molar-refractivity contribution >= 4 is 23.2 Å². The van der Waals surface area contributed by atoms with Crippen molar-refractivity contribution in [1.29, 1.82) is 0 Å². The molecule has 1 saturated carbocycles. The van der Waals surface area contributed by atoms with Crippen LogP contribution in [-0.4, -0.2) is 24.0 Å². The Balaban J connectivity index is 1.65. The summed E-state index contributed by atoms with van der Waals surface area (Å²) >= 11 is 12.0. The molecule has 2 nitrogen and oxygen atoms in total. The molecule has 1 aliphatic carbocycles. The fourth-order valence-electron chi connectivity index (χ4n) is 2.23. The summed E-state index contributed by atoms with van der Waals surface area (Å²) in [5, 5.41) is 1.19. The lowest BCUT2D eigenvalue weighted by Crippen LogP contribution is -2.31. The number of hydrogen-bond acceptors (Lipinski definition) is 2. The van der Waals surface area contributed by atoms with Gasteiger partial charge in [0.05, 0.1) is 5.02 Å². The number of ether oxygens (including phenoxy) is 1. The second kappa shape index (κ2) is 5.12. The molecule has 1 fully saturated rings. The van der Waals surface area contributed by atoms with Crippen molar-refractivity contribution in [1.82, 2.24) is 4.90 Å². The van der Waals surface area contributed by atoms with Crippen LogP contribution in [0.4, 0.5) is 0 Å². The van der Waals surface area contributed by atoms with Gasteiger partial charge in [0.1, 0.15) is 11.5 Å². The molecule has 18 heavy (non-hydrogen) atoms. The second-order valence-electron chi connectivity index (χ2n) is 4.82. The molecule has 0 spiro atoms. The normalized spacial score (nSPS) is 20.7. The van der Waals surface area contributed by atoms with Gasteiger partial charge in [-0.25, -0.2) is 0 Å². The highest BCUT2D eigenvalue weighted by Gasteiger charge is 2.29. The molecule has 0 N–H and O–H groups in total. The molecule has 0 amide bonds. The van der Waals surface area contributed by atoms with Gasteiger partial charge in [-0.3, -0.25) is 4.90 Å². The van der Waals surface area contributed by atoms with Gasteiger partial charge in [0.2, 0.25) is 0 Å². The minimum Gasteiger partial charge on any atom is -0.460 e. The first kappa shape index (κ1) is 12.3. The van der Waals surface area contributed by atoms with E-state index in [1.807, 2.05) is 6.07 Å². The Morgan fingerprint density at radius 2 is 2.06 bits per heavy atom. The molecule has 1 aromatic carbocycles. The Hall–Kier alpha value is -0.700. The number of hydrogen-bond donors (Lipinski definition) is 0. The summed E-state index contributed by atoms with van der Waals surface area (Å²) in [5.41, 5.74) is 0. The van der Waals surface area contributed by atoms with Gasteiger partial charge in [0, 0.05) is 30.6 Å². The van der Waals surface area contributed by atoms with E-state index in [0.717, 1.165) is 31.3 Å². The molecular formula is C14H15Cl2NO. The van der Waals surface area contributed by atoms with E-state index in [-0.39, 0.29) is 0 Å². The highest BCUT2D eigenvalue weighted by atomic mass is 35.5. The van der Waals surface area contributed by atoms with E-state index in [9.17, 15) is 0 Å². The maximum atomic E-state index is 6.09. The highest BCUT2D eigenvalue weighted by molar-refractivity contribution is 6.35. The maximum absolute atomic E-state index is 6.09. The lowest BCUT2D eigenvalue weighted by molar-refractivity contribution is 0.253. The molecule has 2 aliphatic rings. The predicted octanol–water partition coefficient (Wildman–Crippen LogP) is 4.12. The third kappa shape index (κ3) is 2.82. The summed E-state index contributed by atoms with van der Waals surface area (Å²) in [6, 6.07) is 6.14. The standard InChI is InChI=1S/C14H15Cl2NO/c15-10-1-4-14(13(16)9-10)18-12-5-7-17(8-6-12)11-2-3-11/h1,4-5,9,11H,2-3,6-8H2. The number of nitrogens with zero attached hydrogens (tertiary/aromatic N) is 1. The van der Waals surface area contributed by atoms with Gasteiger partial charge in [0.25, 0.3) is 0 Å². The third-order valence-corrected chi connectivity index (χ3v) is 3.93. The monoisotopic (exact) mass is 283 g/mol. The van der Waals surface area contributed by atoms with Gasteiger partial charge in [-0.15, -0.1) is 0 Å². The second-order valence-corrected chi connectivity index (χ2v) is 5.67. The van der Waals surface area contributed by atoms with Crippen LogP contribution in [0.15, 0.2) is 30.0 Å². The Labute approximate surface area is 117 Å². The molecule has 1 aromatic rings. The van der Waals surface area contributed by atoms with Gasteiger partial charge in [-0.2, -0.15) is 0 Å². The van der Waals surface area contributed by atoms with Gasteiger partial charge < -0.3 is 4.74 Å². The van der Waals surface area contributed by atoms with Gasteiger partial charge in [-0.05, 0) is 37.1 Å². The molecule has 0 saturated heterocycles. The van der Waals surface area contributed by atoms with Crippen LogP contribution in [0.3, 0.4) is 0 Å². The average Bonchev–Trinajstić information content (AvgIpc) is 3.18. The van der Waals surface area contributed by atoms with E-state index in [4.69, 9.17) is 27.9 Å². The van der Waals surface area contributed by atoms with Crippen LogP contribution in [0.2, 0.25) is 10.0 Å². The van der Waals surface area contributed by atoms with Crippen LogP contribution in [0.5, 0.6) is 5.75 Å². The minimum absolute atomic E-state index is 0.563. The number of benzene rings is 1. The SMILES string of the molecule is Clc1ccc(OC2=CCN(C3CC3)CC2)c(Cl)c1. The van der Waals surface area contributed by atoms with Crippen LogP contribution >= 0.6 is 23.2 Å². The predicted molar refractivity (Wildman–Crippen MR) is 74.4 cm³/mol. The molecule has 0 aromatic heterocycles. The smallest absolute Gasteiger partial charge is 0.145 e. The van der Waals surface area contributed by atoms with Crippen molar-refractivity contribution in [2.45, 2.75) is 25.3 Å². The summed E-state index contributed by atoms with van der Waals surface area (Å²) in [7, 11) is 0. The van der Waals surface area contributed by atoms with E-state index >= 15 is 0 Å². The first-order chi connectivity index (χ1) is 8.72. The van der Waals surface area contributed by atoms with E-state index < -0.39 is 0 Å². The van der Waals surface area contributed by atoms with Crippen molar-refractivity contribution in [3.05, 3.63) is 40.1 Å². The Morgan fingerprint density at radius 1 is 1.22 bits per heavy atom. The largest absolute Gasteiger partial charge is 0.460 e. The average molecular weight is 284 g/mol. The zero-order valence-electron chi connectivity index (χ0n) is 10.0. The van der Waals surface area contributed by atoms with Crippen molar-refractivity contribution in [3.63, 3.8) is 0 Å². The molecule has 96 valence electrons. The lowest BCUT2D eigenvalue weighted by Gasteiger charge is -2.26. The van der Waals surface area contributed by atoms with E-state index in [2.05, 4.69) is 11.0 Å². The summed E-state index contributed by atoms with van der Waals surface area (Å²) in [6.45, 7) is 2.08. The lowest BCUT2D eigenvalue weighted by atomic mass is 10.2. The van der Waals surface area contributed by atoms with E-state index in [1.165, 1.54) is 12.8 Å².